The summed E-state index contributed by atoms with van der Waals surface area (Å²) in [7, 11) is -3.27. The van der Waals surface area contributed by atoms with Crippen molar-refractivity contribution in [3.63, 3.8) is 0 Å². The molecule has 1 saturated heterocycles. The zero-order valence-electron chi connectivity index (χ0n) is 12.9. The van der Waals surface area contributed by atoms with Crippen LogP contribution in [0.1, 0.15) is 38.1 Å². The molecule has 8 heteroatoms. The fourth-order valence-corrected chi connectivity index (χ4v) is 4.62. The van der Waals surface area contributed by atoms with E-state index in [2.05, 4.69) is 15.2 Å². The predicted octanol–water partition coefficient (Wildman–Crippen LogP) is 2.49. The summed E-state index contributed by atoms with van der Waals surface area (Å²) in [6.45, 7) is 2.36. The summed E-state index contributed by atoms with van der Waals surface area (Å²) in [6.07, 6.45) is 2.12. The van der Waals surface area contributed by atoms with Gasteiger partial charge in [0.2, 0.25) is 10.0 Å². The van der Waals surface area contributed by atoms with Crippen LogP contribution < -0.4 is 0 Å². The Balaban J connectivity index is 1.86. The first kappa shape index (κ1) is 16.1. The molecule has 0 unspecified atom stereocenters. The molecule has 1 aromatic heterocycles. The molecule has 0 radical (unpaired) electrons. The largest absolute Gasteiger partial charge is 0.261 e. The highest BCUT2D eigenvalue weighted by atomic mass is 32.2. The molecule has 3 rings (SSSR count). The molecule has 1 aliphatic heterocycles. The normalized spacial score (nSPS) is 19.3. The molecule has 124 valence electrons. The summed E-state index contributed by atoms with van der Waals surface area (Å²) in [5.74, 6) is 0.806. The van der Waals surface area contributed by atoms with Gasteiger partial charge < -0.3 is 0 Å². The van der Waals surface area contributed by atoms with Gasteiger partial charge in [-0.15, -0.1) is 0 Å². The number of aromatic amines is 1. The third-order valence-corrected chi connectivity index (χ3v) is 6.02. The minimum Gasteiger partial charge on any atom is -0.261 e. The van der Waals surface area contributed by atoms with Crippen LogP contribution >= 0.6 is 0 Å². The van der Waals surface area contributed by atoms with E-state index in [0.29, 0.717) is 30.2 Å². The van der Waals surface area contributed by atoms with Crippen molar-refractivity contribution in [3.8, 4) is 11.4 Å². The lowest BCUT2D eigenvalue weighted by Crippen LogP contribution is -2.33. The first-order valence-corrected chi connectivity index (χ1v) is 9.30. The van der Waals surface area contributed by atoms with E-state index in [-0.39, 0.29) is 17.6 Å². The molecular weight excluding hydrogens is 319 g/mol. The lowest BCUT2D eigenvalue weighted by molar-refractivity contribution is 0.384. The maximum Gasteiger partial charge on any atom is 0.214 e. The fraction of sp³-hybridized carbons (Fsp3) is 0.467. The second kappa shape index (κ2) is 6.37. The third-order valence-electron chi connectivity index (χ3n) is 3.94. The van der Waals surface area contributed by atoms with E-state index in [4.69, 9.17) is 0 Å². The Morgan fingerprint density at radius 3 is 2.78 bits per heavy atom. The molecule has 23 heavy (non-hydrogen) atoms. The molecule has 1 aromatic carbocycles. The summed E-state index contributed by atoms with van der Waals surface area (Å²) in [5, 5.41) is 6.99. The molecule has 2 aromatic rings. The van der Waals surface area contributed by atoms with Crippen LogP contribution in [0.5, 0.6) is 0 Å². The van der Waals surface area contributed by atoms with Gasteiger partial charge in [0.15, 0.2) is 5.82 Å². The van der Waals surface area contributed by atoms with Gasteiger partial charge in [-0.05, 0) is 43.5 Å². The molecule has 1 atom stereocenters. The maximum absolute atomic E-state index is 13.0. The number of hydrogen-bond acceptors (Lipinski definition) is 4. The number of H-pyrrole nitrogens is 1. The highest BCUT2D eigenvalue weighted by molar-refractivity contribution is 7.89. The smallest absolute Gasteiger partial charge is 0.214 e. The maximum atomic E-state index is 13.0. The Kier molecular flexibility index (Phi) is 4.45. The average molecular weight is 338 g/mol. The number of hydrogen-bond donors (Lipinski definition) is 1. The summed E-state index contributed by atoms with van der Waals surface area (Å²) in [6, 6.07) is 5.59. The average Bonchev–Trinajstić information content (AvgIpc) is 3.17. The summed E-state index contributed by atoms with van der Waals surface area (Å²) < 4.78 is 39.2. The molecule has 0 saturated carbocycles. The van der Waals surface area contributed by atoms with Crippen LogP contribution in [0.25, 0.3) is 11.4 Å². The molecule has 1 fully saturated rings. The topological polar surface area (TPSA) is 79.0 Å². The van der Waals surface area contributed by atoms with Crippen molar-refractivity contribution in [2.45, 2.75) is 32.2 Å². The second-order valence-electron chi connectivity index (χ2n) is 5.64. The molecule has 1 aliphatic rings. The van der Waals surface area contributed by atoms with Crippen molar-refractivity contribution in [2.75, 3.05) is 12.3 Å². The predicted molar refractivity (Wildman–Crippen MR) is 84.5 cm³/mol. The van der Waals surface area contributed by atoms with Gasteiger partial charge in [0.1, 0.15) is 11.6 Å². The van der Waals surface area contributed by atoms with Crippen LogP contribution in [-0.2, 0) is 10.0 Å². The zero-order valence-corrected chi connectivity index (χ0v) is 13.7. The SMILES string of the molecule is CCCS(=O)(=O)N1CCC[C@H]1c1nc(-c2ccc(F)cc2)n[nH]1. The van der Waals surface area contributed by atoms with Crippen molar-refractivity contribution in [3.05, 3.63) is 35.9 Å². The van der Waals surface area contributed by atoms with Crippen LogP contribution in [-0.4, -0.2) is 40.2 Å². The van der Waals surface area contributed by atoms with Gasteiger partial charge in [0.05, 0.1) is 11.8 Å². The van der Waals surface area contributed by atoms with Crippen molar-refractivity contribution in [2.24, 2.45) is 0 Å². The van der Waals surface area contributed by atoms with Crippen molar-refractivity contribution in [1.29, 1.82) is 0 Å². The zero-order chi connectivity index (χ0) is 16.4. The summed E-state index contributed by atoms with van der Waals surface area (Å²) in [5.41, 5.74) is 0.690. The van der Waals surface area contributed by atoms with Crippen LogP contribution in [0.3, 0.4) is 0 Å². The van der Waals surface area contributed by atoms with Crippen molar-refractivity contribution in [1.82, 2.24) is 19.5 Å². The first-order chi connectivity index (χ1) is 11.0. The van der Waals surface area contributed by atoms with Gasteiger partial charge in [-0.2, -0.15) is 9.40 Å². The van der Waals surface area contributed by atoms with Gasteiger partial charge >= 0.3 is 0 Å². The molecule has 1 N–H and O–H groups in total. The molecule has 2 heterocycles. The van der Waals surface area contributed by atoms with Gasteiger partial charge in [-0.3, -0.25) is 5.10 Å². The van der Waals surface area contributed by atoms with E-state index < -0.39 is 10.0 Å². The van der Waals surface area contributed by atoms with Crippen LogP contribution in [0.4, 0.5) is 4.39 Å². The van der Waals surface area contributed by atoms with Crippen molar-refractivity contribution < 1.29 is 12.8 Å². The second-order valence-corrected chi connectivity index (χ2v) is 7.68. The standard InChI is InChI=1S/C15H19FN4O2S/c1-2-10-23(21,22)20-9-3-4-13(20)15-17-14(18-19-15)11-5-7-12(16)8-6-11/h5-8,13H,2-4,9-10H2,1H3,(H,17,18,19)/t13-/m0/s1. The molecule has 0 spiro atoms. The summed E-state index contributed by atoms with van der Waals surface area (Å²) >= 11 is 0. The van der Waals surface area contributed by atoms with E-state index in [9.17, 15) is 12.8 Å². The van der Waals surface area contributed by atoms with E-state index in [1.54, 1.807) is 12.1 Å². The van der Waals surface area contributed by atoms with E-state index in [0.717, 1.165) is 12.8 Å². The minimum atomic E-state index is -3.27. The Morgan fingerprint density at radius 1 is 1.35 bits per heavy atom. The molecular formula is C15H19FN4O2S. The van der Waals surface area contributed by atoms with Gasteiger partial charge in [0, 0.05) is 12.1 Å². The molecule has 0 aliphatic carbocycles. The minimum absolute atomic E-state index is 0.141. The first-order valence-electron chi connectivity index (χ1n) is 7.69. The van der Waals surface area contributed by atoms with Gasteiger partial charge in [-0.1, -0.05) is 6.92 Å². The van der Waals surface area contributed by atoms with Crippen LogP contribution in [0.15, 0.2) is 24.3 Å². The van der Waals surface area contributed by atoms with Gasteiger partial charge in [0.25, 0.3) is 0 Å². The summed E-state index contributed by atoms with van der Waals surface area (Å²) in [4.78, 5) is 4.42. The number of halogens is 1. The monoisotopic (exact) mass is 338 g/mol. The number of aromatic nitrogens is 3. The number of nitrogens with one attached hydrogen (secondary N) is 1. The lowest BCUT2D eigenvalue weighted by Gasteiger charge is -2.21. The fourth-order valence-electron chi connectivity index (χ4n) is 2.87. The molecule has 0 amide bonds. The van der Waals surface area contributed by atoms with E-state index in [1.807, 2.05) is 6.92 Å². The van der Waals surface area contributed by atoms with Crippen LogP contribution in [0.2, 0.25) is 0 Å². The van der Waals surface area contributed by atoms with E-state index >= 15 is 0 Å². The van der Waals surface area contributed by atoms with Gasteiger partial charge in [-0.25, -0.2) is 17.8 Å². The highest BCUT2D eigenvalue weighted by Gasteiger charge is 2.36. The Hall–Kier alpha value is -1.80. The third kappa shape index (κ3) is 3.28. The number of benzene rings is 1. The van der Waals surface area contributed by atoms with Crippen molar-refractivity contribution >= 4 is 10.0 Å². The number of sulfonamides is 1. The Morgan fingerprint density at radius 2 is 2.09 bits per heavy atom. The highest BCUT2D eigenvalue weighted by Crippen LogP contribution is 2.33. The molecule has 0 bridgehead atoms. The Labute approximate surface area is 134 Å². The number of rotatable bonds is 5. The van der Waals surface area contributed by atoms with E-state index in [1.165, 1.54) is 16.4 Å². The van der Waals surface area contributed by atoms with Crippen LogP contribution in [0, 0.1) is 5.82 Å². The quantitative estimate of drug-likeness (QED) is 0.908. The molecule has 6 nitrogen and oxygen atoms in total. The lowest BCUT2D eigenvalue weighted by atomic mass is 10.2. The Bertz CT molecular complexity index is 773. The number of nitrogens with zero attached hydrogens (tertiary/aromatic N) is 3.